The van der Waals surface area contributed by atoms with Gasteiger partial charge in [0.05, 0.1) is 6.54 Å². The van der Waals surface area contributed by atoms with Crippen molar-refractivity contribution in [3.05, 3.63) is 29.8 Å². The molecule has 0 fully saturated rings. The summed E-state index contributed by atoms with van der Waals surface area (Å²) in [5, 5.41) is 16.0. The van der Waals surface area contributed by atoms with Crippen LogP contribution < -0.4 is 16.0 Å². The summed E-state index contributed by atoms with van der Waals surface area (Å²) in [6.07, 6.45) is 0. The van der Waals surface area contributed by atoms with Crippen LogP contribution in [0.1, 0.15) is 10.4 Å². The molecule has 0 aliphatic rings. The molecule has 4 N–H and O–H groups in total. The molecule has 1 aromatic carbocycles. The number of hydrogen-bond donors (Lipinski definition) is 4. The number of carbonyl (C=O) groups excluding carboxylic acids is 2. The maximum atomic E-state index is 11.5. The lowest BCUT2D eigenvalue weighted by molar-refractivity contribution is -0.135. The predicted octanol–water partition coefficient (Wildman–Crippen LogP) is -0.341. The van der Waals surface area contributed by atoms with Gasteiger partial charge in [-0.25, -0.2) is 0 Å². The number of hydrogen-bond acceptors (Lipinski definition) is 4. The van der Waals surface area contributed by atoms with Gasteiger partial charge in [0.2, 0.25) is 5.91 Å². The monoisotopic (exact) mass is 265 g/mol. The number of amides is 2. The van der Waals surface area contributed by atoms with E-state index in [9.17, 15) is 14.4 Å². The Morgan fingerprint density at radius 2 is 1.74 bits per heavy atom. The van der Waals surface area contributed by atoms with Gasteiger partial charge in [-0.3, -0.25) is 14.4 Å². The van der Waals surface area contributed by atoms with Gasteiger partial charge in [-0.05, 0) is 31.3 Å². The highest BCUT2D eigenvalue weighted by Crippen LogP contribution is 2.09. The summed E-state index contributed by atoms with van der Waals surface area (Å²) in [6, 6.07) is 6.16. The quantitative estimate of drug-likeness (QED) is 0.563. The number of anilines is 1. The summed E-state index contributed by atoms with van der Waals surface area (Å²) in [5.41, 5.74) is 0.892. The van der Waals surface area contributed by atoms with Gasteiger partial charge in [-0.1, -0.05) is 0 Å². The average Bonchev–Trinajstić information content (AvgIpc) is 2.37. The van der Waals surface area contributed by atoms with Crippen LogP contribution >= 0.6 is 0 Å². The summed E-state index contributed by atoms with van der Waals surface area (Å²) in [6.45, 7) is -0.236. The minimum Gasteiger partial charge on any atom is -0.480 e. The van der Waals surface area contributed by atoms with Crippen LogP contribution in [-0.4, -0.2) is 43.0 Å². The van der Waals surface area contributed by atoms with E-state index >= 15 is 0 Å². The van der Waals surface area contributed by atoms with E-state index in [1.165, 1.54) is 12.1 Å². The molecule has 19 heavy (non-hydrogen) atoms. The van der Waals surface area contributed by atoms with E-state index in [2.05, 4.69) is 16.0 Å². The number of rotatable bonds is 6. The highest BCUT2D eigenvalue weighted by Gasteiger charge is 2.07. The van der Waals surface area contributed by atoms with Crippen molar-refractivity contribution in [1.82, 2.24) is 10.6 Å². The standard InChI is InChI=1S/C12H15N3O4/c1-13-6-10(16)15-9-4-2-8(3-5-9)12(19)14-7-11(17)18/h2-5,13H,6-7H2,1H3,(H,14,19)(H,15,16)(H,17,18). The van der Waals surface area contributed by atoms with Crippen LogP contribution in [0.2, 0.25) is 0 Å². The zero-order valence-corrected chi connectivity index (χ0v) is 10.4. The molecule has 0 aliphatic carbocycles. The zero-order chi connectivity index (χ0) is 14.3. The molecule has 0 bridgehead atoms. The van der Waals surface area contributed by atoms with E-state index in [-0.39, 0.29) is 12.5 Å². The van der Waals surface area contributed by atoms with Crippen LogP contribution in [0.4, 0.5) is 5.69 Å². The second-order valence-corrected chi connectivity index (χ2v) is 3.73. The first-order chi connectivity index (χ1) is 9.02. The lowest BCUT2D eigenvalue weighted by Gasteiger charge is -2.06. The van der Waals surface area contributed by atoms with Gasteiger partial charge in [0.25, 0.3) is 5.91 Å². The van der Waals surface area contributed by atoms with Crippen molar-refractivity contribution in [1.29, 1.82) is 0 Å². The molecule has 2 amide bonds. The minimum absolute atomic E-state index is 0.189. The van der Waals surface area contributed by atoms with Crippen molar-refractivity contribution in [3.8, 4) is 0 Å². The lowest BCUT2D eigenvalue weighted by atomic mass is 10.2. The molecule has 0 aliphatic heterocycles. The van der Waals surface area contributed by atoms with E-state index < -0.39 is 18.4 Å². The smallest absolute Gasteiger partial charge is 0.322 e. The van der Waals surface area contributed by atoms with Crippen LogP contribution in [0.25, 0.3) is 0 Å². The van der Waals surface area contributed by atoms with E-state index in [1.54, 1.807) is 19.2 Å². The van der Waals surface area contributed by atoms with Crippen molar-refractivity contribution in [2.45, 2.75) is 0 Å². The SMILES string of the molecule is CNCC(=O)Nc1ccc(C(=O)NCC(=O)O)cc1. The van der Waals surface area contributed by atoms with E-state index in [4.69, 9.17) is 5.11 Å². The van der Waals surface area contributed by atoms with E-state index in [1.807, 2.05) is 0 Å². The fourth-order valence-electron chi connectivity index (χ4n) is 1.33. The van der Waals surface area contributed by atoms with Gasteiger partial charge in [0.1, 0.15) is 6.54 Å². The number of carboxylic acid groups (broad SMARTS) is 1. The molecule has 1 aromatic rings. The topological polar surface area (TPSA) is 108 Å². The van der Waals surface area contributed by atoms with E-state index in [0.29, 0.717) is 11.3 Å². The minimum atomic E-state index is -1.11. The average molecular weight is 265 g/mol. The third-order valence-corrected chi connectivity index (χ3v) is 2.17. The first-order valence-electron chi connectivity index (χ1n) is 5.57. The second-order valence-electron chi connectivity index (χ2n) is 3.73. The maximum Gasteiger partial charge on any atom is 0.322 e. The highest BCUT2D eigenvalue weighted by molar-refractivity contribution is 5.97. The molecule has 7 nitrogen and oxygen atoms in total. The molecule has 0 aromatic heterocycles. The first-order valence-corrected chi connectivity index (χ1v) is 5.57. The van der Waals surface area contributed by atoms with Gasteiger partial charge in [0.15, 0.2) is 0 Å². The molecule has 0 radical (unpaired) electrons. The molecule has 0 atom stereocenters. The Morgan fingerprint density at radius 1 is 1.11 bits per heavy atom. The predicted molar refractivity (Wildman–Crippen MR) is 69.0 cm³/mol. The van der Waals surface area contributed by atoms with Gasteiger partial charge in [-0.15, -0.1) is 0 Å². The van der Waals surface area contributed by atoms with Gasteiger partial charge >= 0.3 is 5.97 Å². The summed E-state index contributed by atoms with van der Waals surface area (Å²) in [7, 11) is 1.66. The Balaban J connectivity index is 2.58. The summed E-state index contributed by atoms with van der Waals surface area (Å²) < 4.78 is 0. The van der Waals surface area contributed by atoms with Gasteiger partial charge in [-0.2, -0.15) is 0 Å². The molecule has 0 saturated heterocycles. The van der Waals surface area contributed by atoms with Gasteiger partial charge < -0.3 is 21.1 Å². The molecule has 0 unspecified atom stereocenters. The van der Waals surface area contributed by atoms with Crippen molar-refractivity contribution in [3.63, 3.8) is 0 Å². The molecule has 0 spiro atoms. The molecule has 0 heterocycles. The molecule has 7 heteroatoms. The number of benzene rings is 1. The van der Waals surface area contributed by atoms with Crippen LogP contribution in [0.5, 0.6) is 0 Å². The largest absolute Gasteiger partial charge is 0.480 e. The Kier molecular flexibility index (Phi) is 5.49. The normalized spacial score (nSPS) is 9.74. The number of carbonyl (C=O) groups is 3. The van der Waals surface area contributed by atoms with Crippen molar-refractivity contribution in [2.24, 2.45) is 0 Å². The maximum absolute atomic E-state index is 11.5. The van der Waals surface area contributed by atoms with Crippen LogP contribution in [0.15, 0.2) is 24.3 Å². The van der Waals surface area contributed by atoms with Crippen molar-refractivity contribution < 1.29 is 19.5 Å². The lowest BCUT2D eigenvalue weighted by Crippen LogP contribution is -2.29. The van der Waals surface area contributed by atoms with Crippen LogP contribution in [0, 0.1) is 0 Å². The number of nitrogens with one attached hydrogen (secondary N) is 3. The Morgan fingerprint density at radius 3 is 2.26 bits per heavy atom. The van der Waals surface area contributed by atoms with Crippen LogP contribution in [-0.2, 0) is 9.59 Å². The van der Waals surface area contributed by atoms with Gasteiger partial charge in [0, 0.05) is 11.3 Å². The number of likely N-dealkylation sites (N-methyl/N-ethyl adjacent to an activating group) is 1. The Bertz CT molecular complexity index is 470. The summed E-state index contributed by atoms with van der Waals surface area (Å²) in [5.74, 6) is -1.77. The number of aliphatic carboxylic acids is 1. The molecular formula is C12H15N3O4. The van der Waals surface area contributed by atoms with Crippen LogP contribution in [0.3, 0.4) is 0 Å². The summed E-state index contributed by atoms with van der Waals surface area (Å²) in [4.78, 5) is 33.1. The molecule has 1 rings (SSSR count). The fraction of sp³-hybridized carbons (Fsp3) is 0.250. The summed E-state index contributed by atoms with van der Waals surface area (Å²) >= 11 is 0. The first kappa shape index (κ1) is 14.7. The third-order valence-electron chi connectivity index (χ3n) is 2.17. The number of carboxylic acids is 1. The second kappa shape index (κ2) is 7.12. The molecular weight excluding hydrogens is 250 g/mol. The fourth-order valence-corrected chi connectivity index (χ4v) is 1.33. The van der Waals surface area contributed by atoms with Crippen molar-refractivity contribution >= 4 is 23.5 Å². The molecule has 102 valence electrons. The zero-order valence-electron chi connectivity index (χ0n) is 10.4. The van der Waals surface area contributed by atoms with Crippen molar-refractivity contribution in [2.75, 3.05) is 25.5 Å². The highest BCUT2D eigenvalue weighted by atomic mass is 16.4. The molecule has 0 saturated carbocycles. The Hall–Kier alpha value is -2.41. The van der Waals surface area contributed by atoms with E-state index in [0.717, 1.165) is 0 Å². The third kappa shape index (κ3) is 5.17. The Labute approximate surface area is 110 Å².